The molecule has 1 fully saturated rings. The third-order valence-corrected chi connectivity index (χ3v) is 8.96. The zero-order valence-electron chi connectivity index (χ0n) is 18.0. The lowest BCUT2D eigenvalue weighted by Crippen LogP contribution is -2.25. The van der Waals surface area contributed by atoms with Crippen molar-refractivity contribution in [2.45, 2.75) is 54.7 Å². The zero-order chi connectivity index (χ0) is 22.4. The predicted octanol–water partition coefficient (Wildman–Crippen LogP) is 3.94. The normalized spacial score (nSPS) is 16.1. The van der Waals surface area contributed by atoms with E-state index < -0.39 is 9.84 Å². The minimum absolute atomic E-state index is 0.136. The van der Waals surface area contributed by atoms with Gasteiger partial charge in [-0.2, -0.15) is 0 Å². The van der Waals surface area contributed by atoms with E-state index in [-0.39, 0.29) is 20.4 Å². The van der Waals surface area contributed by atoms with Crippen LogP contribution in [0.25, 0.3) is 11.0 Å². The SMILES string of the molecule is CC(C)(C)c1nc2cc(S(=O)(=O)c3ccc(C(=N)N)s3)ccc2n1CC1CCOCC1. The van der Waals surface area contributed by atoms with Crippen LogP contribution < -0.4 is 5.73 Å². The summed E-state index contributed by atoms with van der Waals surface area (Å²) in [5.41, 5.74) is 6.96. The number of hydrogen-bond acceptors (Lipinski definition) is 6. The molecule has 3 aromatic rings. The minimum Gasteiger partial charge on any atom is -0.383 e. The van der Waals surface area contributed by atoms with Crippen LogP contribution in [0.4, 0.5) is 0 Å². The highest BCUT2D eigenvalue weighted by Gasteiger charge is 2.27. The van der Waals surface area contributed by atoms with Crippen LogP contribution in [-0.4, -0.2) is 37.0 Å². The second kappa shape index (κ2) is 8.03. The van der Waals surface area contributed by atoms with Crippen LogP contribution >= 0.6 is 11.3 Å². The number of nitrogens with zero attached hydrogens (tertiary/aromatic N) is 2. The number of nitrogen functional groups attached to an aromatic ring is 1. The van der Waals surface area contributed by atoms with E-state index in [4.69, 9.17) is 20.9 Å². The Balaban J connectivity index is 1.77. The first kappa shape index (κ1) is 22.0. The van der Waals surface area contributed by atoms with E-state index in [0.717, 1.165) is 55.3 Å². The Morgan fingerprint density at radius 3 is 2.58 bits per heavy atom. The molecule has 1 saturated heterocycles. The van der Waals surface area contributed by atoms with E-state index in [2.05, 4.69) is 25.3 Å². The van der Waals surface area contributed by atoms with Gasteiger partial charge in [0.05, 0.1) is 20.8 Å². The van der Waals surface area contributed by atoms with Crippen molar-refractivity contribution in [2.24, 2.45) is 11.7 Å². The number of ether oxygens (including phenoxy) is 1. The highest BCUT2D eigenvalue weighted by molar-refractivity contribution is 7.93. The van der Waals surface area contributed by atoms with Crippen molar-refractivity contribution < 1.29 is 13.2 Å². The van der Waals surface area contributed by atoms with Crippen LogP contribution in [0.1, 0.15) is 44.3 Å². The number of thiophene rings is 1. The van der Waals surface area contributed by atoms with E-state index >= 15 is 0 Å². The molecular formula is C22H28N4O3S2. The minimum atomic E-state index is -3.71. The van der Waals surface area contributed by atoms with E-state index in [1.54, 1.807) is 18.2 Å². The number of nitrogens with one attached hydrogen (secondary N) is 1. The van der Waals surface area contributed by atoms with Gasteiger partial charge in [-0.15, -0.1) is 11.3 Å². The Labute approximate surface area is 186 Å². The number of aromatic nitrogens is 2. The number of benzene rings is 1. The lowest BCUT2D eigenvalue weighted by molar-refractivity contribution is 0.0611. The number of nitrogens with two attached hydrogens (primary N) is 1. The molecule has 0 bridgehead atoms. The molecule has 0 spiro atoms. The molecule has 0 atom stereocenters. The average molecular weight is 461 g/mol. The molecule has 7 nitrogen and oxygen atoms in total. The zero-order valence-corrected chi connectivity index (χ0v) is 19.6. The summed E-state index contributed by atoms with van der Waals surface area (Å²) in [5, 5.41) is 7.53. The fourth-order valence-electron chi connectivity index (χ4n) is 3.95. The molecule has 3 N–H and O–H groups in total. The van der Waals surface area contributed by atoms with Gasteiger partial charge in [0.25, 0.3) is 0 Å². The maximum Gasteiger partial charge on any atom is 0.216 e. The highest BCUT2D eigenvalue weighted by atomic mass is 32.2. The van der Waals surface area contributed by atoms with Crippen molar-refractivity contribution in [2.75, 3.05) is 13.2 Å². The molecule has 0 saturated carbocycles. The molecule has 4 rings (SSSR count). The van der Waals surface area contributed by atoms with Crippen molar-refractivity contribution in [3.8, 4) is 0 Å². The van der Waals surface area contributed by atoms with E-state index in [1.165, 1.54) is 6.07 Å². The van der Waals surface area contributed by atoms with E-state index in [0.29, 0.717) is 16.3 Å². The van der Waals surface area contributed by atoms with Crippen molar-refractivity contribution in [1.82, 2.24) is 9.55 Å². The van der Waals surface area contributed by atoms with Crippen LogP contribution in [0.15, 0.2) is 39.4 Å². The predicted molar refractivity (Wildman–Crippen MR) is 123 cm³/mol. The molecule has 3 heterocycles. The molecule has 0 aliphatic carbocycles. The van der Waals surface area contributed by atoms with Gasteiger partial charge < -0.3 is 15.0 Å². The maximum absolute atomic E-state index is 13.2. The third-order valence-electron chi connectivity index (χ3n) is 5.59. The van der Waals surface area contributed by atoms with Crippen LogP contribution in [0.2, 0.25) is 0 Å². The molecule has 166 valence electrons. The van der Waals surface area contributed by atoms with Crippen molar-refractivity contribution in [3.63, 3.8) is 0 Å². The number of fused-ring (bicyclic) bond motifs is 1. The summed E-state index contributed by atoms with van der Waals surface area (Å²) >= 11 is 1.01. The van der Waals surface area contributed by atoms with Crippen molar-refractivity contribution >= 4 is 38.0 Å². The first-order chi connectivity index (χ1) is 14.6. The molecule has 1 aromatic carbocycles. The number of imidazole rings is 1. The molecule has 0 radical (unpaired) electrons. The fourth-order valence-corrected chi connectivity index (χ4v) is 6.54. The van der Waals surface area contributed by atoms with Gasteiger partial charge in [0.1, 0.15) is 15.9 Å². The van der Waals surface area contributed by atoms with Crippen LogP contribution in [0.3, 0.4) is 0 Å². The third kappa shape index (κ3) is 4.26. The lowest BCUT2D eigenvalue weighted by atomic mass is 9.94. The van der Waals surface area contributed by atoms with Gasteiger partial charge in [-0.25, -0.2) is 13.4 Å². The molecule has 0 amide bonds. The lowest BCUT2D eigenvalue weighted by Gasteiger charge is -2.26. The van der Waals surface area contributed by atoms with Gasteiger partial charge in [0.15, 0.2) is 0 Å². The number of sulfone groups is 1. The quantitative estimate of drug-likeness (QED) is 0.442. The fraction of sp³-hybridized carbons (Fsp3) is 0.455. The molecule has 1 aliphatic rings. The maximum atomic E-state index is 13.2. The van der Waals surface area contributed by atoms with E-state index in [1.807, 2.05) is 6.07 Å². The van der Waals surface area contributed by atoms with Gasteiger partial charge in [0, 0.05) is 25.2 Å². The Morgan fingerprint density at radius 1 is 1.26 bits per heavy atom. The second-order valence-corrected chi connectivity index (χ2v) is 12.3. The highest BCUT2D eigenvalue weighted by Crippen LogP contribution is 2.33. The Morgan fingerprint density at radius 2 is 1.97 bits per heavy atom. The largest absolute Gasteiger partial charge is 0.383 e. The van der Waals surface area contributed by atoms with Crippen molar-refractivity contribution in [3.05, 3.63) is 41.0 Å². The molecule has 1 aliphatic heterocycles. The first-order valence-corrected chi connectivity index (χ1v) is 12.6. The summed E-state index contributed by atoms with van der Waals surface area (Å²) in [7, 11) is -3.71. The molecule has 2 aromatic heterocycles. The summed E-state index contributed by atoms with van der Waals surface area (Å²) in [4.78, 5) is 5.51. The molecule has 0 unspecified atom stereocenters. The summed E-state index contributed by atoms with van der Waals surface area (Å²) in [6.45, 7) is 8.80. The van der Waals surface area contributed by atoms with Crippen LogP contribution in [0.5, 0.6) is 0 Å². The Bertz CT molecular complexity index is 1230. The van der Waals surface area contributed by atoms with Crippen molar-refractivity contribution in [1.29, 1.82) is 5.41 Å². The molecular weight excluding hydrogens is 432 g/mol. The average Bonchev–Trinajstić information content (AvgIpc) is 3.34. The van der Waals surface area contributed by atoms with Gasteiger partial charge in [-0.05, 0) is 49.1 Å². The molecule has 9 heteroatoms. The Kier molecular flexibility index (Phi) is 5.70. The standard InChI is InChI=1S/C22H28N4O3S2/c1-22(2,3)21-25-16-12-15(31(27,28)19-7-6-18(30-19)20(23)24)4-5-17(16)26(21)13-14-8-10-29-11-9-14/h4-7,12,14H,8-11,13H2,1-3H3,(H3,23,24). The topological polar surface area (TPSA) is 111 Å². The Hall–Kier alpha value is -2.23. The molecule has 31 heavy (non-hydrogen) atoms. The van der Waals surface area contributed by atoms with Crippen LogP contribution in [-0.2, 0) is 26.5 Å². The first-order valence-electron chi connectivity index (χ1n) is 10.3. The number of amidine groups is 1. The van der Waals surface area contributed by atoms with Gasteiger partial charge >= 0.3 is 0 Å². The van der Waals surface area contributed by atoms with Gasteiger partial charge in [-0.1, -0.05) is 20.8 Å². The smallest absolute Gasteiger partial charge is 0.216 e. The monoisotopic (exact) mass is 460 g/mol. The summed E-state index contributed by atoms with van der Waals surface area (Å²) < 4.78 is 34.3. The summed E-state index contributed by atoms with van der Waals surface area (Å²) in [6, 6.07) is 8.25. The summed E-state index contributed by atoms with van der Waals surface area (Å²) in [6.07, 6.45) is 2.04. The van der Waals surface area contributed by atoms with Gasteiger partial charge in [0.2, 0.25) is 9.84 Å². The van der Waals surface area contributed by atoms with E-state index in [9.17, 15) is 8.42 Å². The number of rotatable bonds is 5. The van der Waals surface area contributed by atoms with Crippen LogP contribution in [0, 0.1) is 11.3 Å². The second-order valence-electron chi connectivity index (χ2n) is 9.04. The number of hydrogen-bond donors (Lipinski definition) is 2. The summed E-state index contributed by atoms with van der Waals surface area (Å²) in [5.74, 6) is 1.34. The van der Waals surface area contributed by atoms with Gasteiger partial charge in [-0.3, -0.25) is 5.41 Å².